The summed E-state index contributed by atoms with van der Waals surface area (Å²) in [6.07, 6.45) is 4.68. The van der Waals surface area contributed by atoms with Gasteiger partial charge >= 0.3 is 0 Å². The van der Waals surface area contributed by atoms with Gasteiger partial charge in [0.2, 0.25) is 5.88 Å². The van der Waals surface area contributed by atoms with E-state index in [0.29, 0.717) is 6.61 Å². The maximum Gasteiger partial charge on any atom is 0.239 e. The van der Waals surface area contributed by atoms with Crippen molar-refractivity contribution in [3.05, 3.63) is 29.8 Å². The van der Waals surface area contributed by atoms with Crippen molar-refractivity contribution in [1.29, 1.82) is 0 Å². The highest BCUT2D eigenvalue weighted by atomic mass is 32.1. The molecule has 6 heteroatoms. The Hall–Kier alpha value is -1.63. The van der Waals surface area contributed by atoms with E-state index >= 15 is 0 Å². The normalized spacial score (nSPS) is 16.8. The summed E-state index contributed by atoms with van der Waals surface area (Å²) in [7, 11) is 0. The number of hydrogen-bond acceptors (Lipinski definition) is 5. The highest BCUT2D eigenvalue weighted by molar-refractivity contribution is 7.16. The predicted molar refractivity (Wildman–Crippen MR) is 104 cm³/mol. The van der Waals surface area contributed by atoms with Crippen molar-refractivity contribution < 1.29 is 4.74 Å². The van der Waals surface area contributed by atoms with Gasteiger partial charge in [0, 0.05) is 38.9 Å². The van der Waals surface area contributed by atoms with Crippen LogP contribution in [0.2, 0.25) is 0 Å². The van der Waals surface area contributed by atoms with Crippen molar-refractivity contribution in [2.45, 2.75) is 19.8 Å². The molecule has 0 amide bonds. The number of hydrogen-bond donors (Lipinski definition) is 0. The Morgan fingerprint density at radius 1 is 1.12 bits per heavy atom. The average molecular weight is 359 g/mol. The van der Waals surface area contributed by atoms with Gasteiger partial charge in [0.25, 0.3) is 0 Å². The Labute approximate surface area is 152 Å². The number of fused-ring (bicyclic) bond motifs is 3. The minimum atomic E-state index is 0.693. The molecule has 5 nitrogen and oxygen atoms in total. The lowest BCUT2D eigenvalue weighted by atomic mass is 10.2. The van der Waals surface area contributed by atoms with E-state index in [2.05, 4.69) is 50.9 Å². The van der Waals surface area contributed by atoms with Gasteiger partial charge in [-0.05, 0) is 36.5 Å². The van der Waals surface area contributed by atoms with Gasteiger partial charge < -0.3 is 14.0 Å². The molecule has 1 saturated heterocycles. The van der Waals surface area contributed by atoms with E-state index < -0.39 is 0 Å². The van der Waals surface area contributed by atoms with Crippen LogP contribution in [0.5, 0.6) is 5.88 Å². The zero-order valence-corrected chi connectivity index (χ0v) is 15.7. The third kappa shape index (κ3) is 3.66. The Morgan fingerprint density at radius 3 is 2.72 bits per heavy atom. The number of nitrogens with zero attached hydrogens (tertiary/aromatic N) is 4. The second-order valence-corrected chi connectivity index (χ2v) is 7.57. The number of thiophene rings is 1. The highest BCUT2D eigenvalue weighted by Gasteiger charge is 2.16. The third-order valence-corrected chi connectivity index (χ3v) is 5.87. The fourth-order valence-electron chi connectivity index (χ4n) is 3.45. The molecule has 0 saturated carbocycles. The van der Waals surface area contributed by atoms with Gasteiger partial charge in [0.05, 0.1) is 0 Å². The largest absolute Gasteiger partial charge is 0.475 e. The first-order valence-corrected chi connectivity index (χ1v) is 10.1. The molecule has 4 rings (SSSR count). The molecule has 1 aliphatic heterocycles. The second kappa shape index (κ2) is 7.72. The van der Waals surface area contributed by atoms with Crippen LogP contribution in [0, 0.1) is 0 Å². The van der Waals surface area contributed by atoms with Gasteiger partial charge in [-0.3, -0.25) is 4.90 Å². The lowest BCUT2D eigenvalue weighted by Gasteiger charge is -2.34. The van der Waals surface area contributed by atoms with Gasteiger partial charge in [0.1, 0.15) is 22.5 Å². The summed E-state index contributed by atoms with van der Waals surface area (Å²) in [6, 6.07) is 6.19. The third-order valence-electron chi connectivity index (χ3n) is 4.97. The summed E-state index contributed by atoms with van der Waals surface area (Å²) >= 11 is 1.71. The summed E-state index contributed by atoms with van der Waals surface area (Å²) < 4.78 is 8.24. The zero-order valence-electron chi connectivity index (χ0n) is 14.9. The molecule has 0 aliphatic carbocycles. The van der Waals surface area contributed by atoms with Crippen LogP contribution in [0.1, 0.15) is 19.8 Å². The number of ether oxygens (including phenoxy) is 1. The van der Waals surface area contributed by atoms with Crippen molar-refractivity contribution >= 4 is 27.2 Å². The van der Waals surface area contributed by atoms with E-state index in [1.807, 2.05) is 0 Å². The fraction of sp³-hybridized carbons (Fsp3) is 0.526. The number of aromatic nitrogens is 2. The quantitative estimate of drug-likeness (QED) is 0.648. The molecule has 3 aromatic heterocycles. The van der Waals surface area contributed by atoms with Gasteiger partial charge in [-0.15, -0.1) is 11.3 Å². The number of unbranched alkanes of at least 4 members (excludes halogenated alkanes) is 1. The maximum atomic E-state index is 6.07. The van der Waals surface area contributed by atoms with Gasteiger partial charge in [-0.2, -0.15) is 0 Å². The monoisotopic (exact) mass is 358 g/mol. The van der Waals surface area contributed by atoms with Crippen molar-refractivity contribution in [2.24, 2.45) is 0 Å². The smallest absolute Gasteiger partial charge is 0.239 e. The minimum Gasteiger partial charge on any atom is -0.475 e. The highest BCUT2D eigenvalue weighted by Crippen LogP contribution is 2.27. The van der Waals surface area contributed by atoms with E-state index in [9.17, 15) is 0 Å². The van der Waals surface area contributed by atoms with E-state index in [-0.39, 0.29) is 0 Å². The van der Waals surface area contributed by atoms with Crippen LogP contribution >= 0.6 is 11.3 Å². The van der Waals surface area contributed by atoms with Crippen LogP contribution in [0.25, 0.3) is 15.9 Å². The molecule has 4 heterocycles. The molecule has 1 aliphatic rings. The lowest BCUT2D eigenvalue weighted by Crippen LogP contribution is -2.47. The van der Waals surface area contributed by atoms with Crippen LogP contribution in [-0.2, 0) is 0 Å². The second-order valence-electron chi connectivity index (χ2n) is 6.68. The number of rotatable bonds is 7. The molecule has 0 aromatic carbocycles. The molecule has 0 spiro atoms. The molecule has 0 unspecified atom stereocenters. The first-order chi connectivity index (χ1) is 12.3. The van der Waals surface area contributed by atoms with Crippen LogP contribution in [0.4, 0.5) is 0 Å². The summed E-state index contributed by atoms with van der Waals surface area (Å²) in [5.74, 6) is 0.748. The Bertz CT molecular complexity index is 819. The molecule has 0 atom stereocenters. The Balaban J connectivity index is 1.33. The van der Waals surface area contributed by atoms with Gasteiger partial charge in [0.15, 0.2) is 0 Å². The molecule has 3 aromatic rings. The van der Waals surface area contributed by atoms with Crippen LogP contribution in [-0.4, -0.2) is 65.1 Å². The minimum absolute atomic E-state index is 0.693. The summed E-state index contributed by atoms with van der Waals surface area (Å²) in [5.41, 5.74) is 2.06. The predicted octanol–water partition coefficient (Wildman–Crippen LogP) is 3.35. The van der Waals surface area contributed by atoms with Gasteiger partial charge in [-0.25, -0.2) is 4.98 Å². The summed E-state index contributed by atoms with van der Waals surface area (Å²) in [4.78, 5) is 11.0. The van der Waals surface area contributed by atoms with E-state index in [1.165, 1.54) is 37.3 Å². The van der Waals surface area contributed by atoms with E-state index in [0.717, 1.165) is 36.5 Å². The maximum absolute atomic E-state index is 6.07. The summed E-state index contributed by atoms with van der Waals surface area (Å²) in [6.45, 7) is 9.82. The molecule has 25 heavy (non-hydrogen) atoms. The van der Waals surface area contributed by atoms with Crippen molar-refractivity contribution in [3.8, 4) is 5.88 Å². The topological polar surface area (TPSA) is 33.0 Å². The first-order valence-electron chi connectivity index (χ1n) is 9.27. The molecule has 134 valence electrons. The first kappa shape index (κ1) is 16.8. The van der Waals surface area contributed by atoms with Crippen LogP contribution in [0.15, 0.2) is 29.8 Å². The van der Waals surface area contributed by atoms with E-state index in [4.69, 9.17) is 9.72 Å². The van der Waals surface area contributed by atoms with E-state index in [1.54, 1.807) is 11.3 Å². The van der Waals surface area contributed by atoms with Gasteiger partial charge in [-0.1, -0.05) is 13.3 Å². The molecule has 1 fully saturated rings. The summed E-state index contributed by atoms with van der Waals surface area (Å²) in [5, 5.41) is 2.08. The number of piperazine rings is 1. The Morgan fingerprint density at radius 2 is 1.92 bits per heavy atom. The average Bonchev–Trinajstić information content (AvgIpc) is 3.29. The fourth-order valence-corrected chi connectivity index (χ4v) is 4.29. The standard InChI is InChI=1S/C19H26N4OS/c1-2-3-7-21-9-11-22(12-10-21)13-14-24-18-17-5-4-8-23(17)19-16(20-18)6-15-25-19/h4-6,8,15H,2-3,7,9-14H2,1H3. The molecular weight excluding hydrogens is 332 g/mol. The molecule has 0 bridgehead atoms. The van der Waals surface area contributed by atoms with Crippen molar-refractivity contribution in [2.75, 3.05) is 45.9 Å². The molecule has 0 radical (unpaired) electrons. The van der Waals surface area contributed by atoms with Crippen LogP contribution in [0.3, 0.4) is 0 Å². The van der Waals surface area contributed by atoms with Crippen molar-refractivity contribution in [3.63, 3.8) is 0 Å². The SMILES string of the molecule is CCCCN1CCN(CCOc2nc3ccsc3n3cccc23)CC1. The van der Waals surface area contributed by atoms with Crippen molar-refractivity contribution in [1.82, 2.24) is 19.2 Å². The molecular formula is C19H26N4OS. The Kier molecular flexibility index (Phi) is 5.20. The molecule has 0 N–H and O–H groups in total. The van der Waals surface area contributed by atoms with Crippen LogP contribution < -0.4 is 4.74 Å². The zero-order chi connectivity index (χ0) is 17.1. The lowest BCUT2D eigenvalue weighted by molar-refractivity contribution is 0.115.